The van der Waals surface area contributed by atoms with Gasteiger partial charge < -0.3 is 9.80 Å². The first-order valence-electron chi connectivity index (χ1n) is 10.0. The van der Waals surface area contributed by atoms with Gasteiger partial charge in [0, 0.05) is 37.3 Å². The van der Waals surface area contributed by atoms with Crippen LogP contribution in [0, 0.1) is 20.8 Å². The molecule has 148 valence electrons. The predicted molar refractivity (Wildman–Crippen MR) is 116 cm³/mol. The molecule has 0 saturated carbocycles. The molecule has 0 unspecified atom stereocenters. The minimum Gasteiger partial charge on any atom is -0.352 e. The van der Waals surface area contributed by atoms with Gasteiger partial charge in [-0.05, 0) is 56.2 Å². The Hall–Kier alpha value is -3.21. The van der Waals surface area contributed by atoms with Crippen molar-refractivity contribution in [2.75, 3.05) is 31.1 Å². The van der Waals surface area contributed by atoms with Gasteiger partial charge in [-0.3, -0.25) is 4.79 Å². The fourth-order valence-corrected chi connectivity index (χ4v) is 3.57. The van der Waals surface area contributed by atoms with Crippen molar-refractivity contribution < 1.29 is 4.79 Å². The van der Waals surface area contributed by atoms with Gasteiger partial charge in [-0.2, -0.15) is 0 Å². The SMILES string of the molecule is Cc1ccc(-c2ccc(N3CCN(C(=O)c4ccc(C)c(C)c4)CC3)nn2)cc1. The van der Waals surface area contributed by atoms with E-state index in [-0.39, 0.29) is 5.91 Å². The molecule has 1 saturated heterocycles. The summed E-state index contributed by atoms with van der Waals surface area (Å²) in [5.74, 6) is 0.965. The highest BCUT2D eigenvalue weighted by atomic mass is 16.2. The molecule has 0 radical (unpaired) electrons. The Bertz CT molecular complexity index is 1000. The van der Waals surface area contributed by atoms with Crippen LogP contribution in [-0.4, -0.2) is 47.2 Å². The molecule has 1 amide bonds. The molecule has 3 aromatic rings. The number of carbonyl (C=O) groups is 1. The number of piperazine rings is 1. The number of aromatic nitrogens is 2. The van der Waals surface area contributed by atoms with Gasteiger partial charge in [0.1, 0.15) is 0 Å². The monoisotopic (exact) mass is 386 g/mol. The number of nitrogens with zero attached hydrogens (tertiary/aromatic N) is 4. The summed E-state index contributed by atoms with van der Waals surface area (Å²) in [4.78, 5) is 16.9. The molecule has 29 heavy (non-hydrogen) atoms. The quantitative estimate of drug-likeness (QED) is 0.682. The van der Waals surface area contributed by atoms with Crippen molar-refractivity contribution in [3.63, 3.8) is 0 Å². The fourth-order valence-electron chi connectivity index (χ4n) is 3.57. The molecule has 0 spiro atoms. The van der Waals surface area contributed by atoms with E-state index in [0.29, 0.717) is 13.1 Å². The standard InChI is InChI=1S/C24H26N4O/c1-17-4-7-20(8-5-17)22-10-11-23(26-25-22)27-12-14-28(15-13-27)24(29)21-9-6-18(2)19(3)16-21/h4-11,16H,12-15H2,1-3H3. The van der Waals surface area contributed by atoms with Crippen LogP contribution in [-0.2, 0) is 0 Å². The molecular weight excluding hydrogens is 360 g/mol. The average Bonchev–Trinajstić information content (AvgIpc) is 2.76. The molecule has 1 fully saturated rings. The smallest absolute Gasteiger partial charge is 0.253 e. The van der Waals surface area contributed by atoms with Crippen LogP contribution < -0.4 is 4.90 Å². The lowest BCUT2D eigenvalue weighted by atomic mass is 10.1. The zero-order valence-corrected chi connectivity index (χ0v) is 17.2. The van der Waals surface area contributed by atoms with Crippen LogP contribution in [0.2, 0.25) is 0 Å². The van der Waals surface area contributed by atoms with Crippen LogP contribution in [0.25, 0.3) is 11.3 Å². The van der Waals surface area contributed by atoms with Gasteiger partial charge in [-0.15, -0.1) is 10.2 Å². The number of benzene rings is 2. The van der Waals surface area contributed by atoms with Gasteiger partial charge in [0.05, 0.1) is 5.69 Å². The summed E-state index contributed by atoms with van der Waals surface area (Å²) in [6, 6.07) is 18.2. The maximum atomic E-state index is 12.8. The van der Waals surface area contributed by atoms with Crippen molar-refractivity contribution in [2.45, 2.75) is 20.8 Å². The van der Waals surface area contributed by atoms with Gasteiger partial charge in [0.15, 0.2) is 5.82 Å². The third-order valence-corrected chi connectivity index (χ3v) is 5.64. The highest BCUT2D eigenvalue weighted by molar-refractivity contribution is 5.94. The van der Waals surface area contributed by atoms with E-state index < -0.39 is 0 Å². The summed E-state index contributed by atoms with van der Waals surface area (Å²) in [6.45, 7) is 9.07. The van der Waals surface area contributed by atoms with E-state index >= 15 is 0 Å². The Morgan fingerprint density at radius 1 is 0.793 bits per heavy atom. The van der Waals surface area contributed by atoms with Crippen LogP contribution in [0.3, 0.4) is 0 Å². The number of carbonyl (C=O) groups excluding carboxylic acids is 1. The second-order valence-electron chi connectivity index (χ2n) is 7.72. The minimum absolute atomic E-state index is 0.105. The van der Waals surface area contributed by atoms with E-state index in [0.717, 1.165) is 41.3 Å². The maximum absolute atomic E-state index is 12.8. The third kappa shape index (κ3) is 4.14. The molecule has 0 bridgehead atoms. The first-order chi connectivity index (χ1) is 14.0. The highest BCUT2D eigenvalue weighted by Gasteiger charge is 2.23. The summed E-state index contributed by atoms with van der Waals surface area (Å²) in [5.41, 5.74) is 6.29. The summed E-state index contributed by atoms with van der Waals surface area (Å²) in [5, 5.41) is 8.82. The van der Waals surface area contributed by atoms with E-state index in [1.807, 2.05) is 42.2 Å². The van der Waals surface area contributed by atoms with Crippen LogP contribution in [0.1, 0.15) is 27.0 Å². The first-order valence-corrected chi connectivity index (χ1v) is 10.0. The minimum atomic E-state index is 0.105. The second-order valence-corrected chi connectivity index (χ2v) is 7.72. The molecule has 4 rings (SSSR count). The number of amides is 1. The molecule has 0 aliphatic carbocycles. The zero-order chi connectivity index (χ0) is 20.4. The number of hydrogen-bond acceptors (Lipinski definition) is 4. The average molecular weight is 386 g/mol. The van der Waals surface area contributed by atoms with Gasteiger partial charge >= 0.3 is 0 Å². The molecule has 2 aromatic carbocycles. The van der Waals surface area contributed by atoms with Crippen LogP contribution in [0.15, 0.2) is 54.6 Å². The van der Waals surface area contributed by atoms with Crippen LogP contribution in [0.4, 0.5) is 5.82 Å². The number of anilines is 1. The van der Waals surface area contributed by atoms with Gasteiger partial charge in [0.25, 0.3) is 5.91 Å². The van der Waals surface area contributed by atoms with Crippen molar-refractivity contribution in [3.05, 3.63) is 76.9 Å². The molecule has 0 N–H and O–H groups in total. The Balaban J connectivity index is 1.39. The van der Waals surface area contributed by atoms with Gasteiger partial charge in [0.2, 0.25) is 0 Å². The van der Waals surface area contributed by atoms with Gasteiger partial charge in [-0.25, -0.2) is 0 Å². The molecule has 1 aromatic heterocycles. The lowest BCUT2D eigenvalue weighted by Crippen LogP contribution is -2.49. The van der Waals surface area contributed by atoms with Crippen molar-refractivity contribution in [1.29, 1.82) is 0 Å². The van der Waals surface area contributed by atoms with Crippen LogP contribution >= 0.6 is 0 Å². The van der Waals surface area contributed by atoms with Crippen molar-refractivity contribution in [1.82, 2.24) is 15.1 Å². The molecule has 1 aliphatic heterocycles. The third-order valence-electron chi connectivity index (χ3n) is 5.64. The number of hydrogen-bond donors (Lipinski definition) is 0. The van der Waals surface area contributed by atoms with Crippen molar-refractivity contribution >= 4 is 11.7 Å². The lowest BCUT2D eigenvalue weighted by Gasteiger charge is -2.35. The van der Waals surface area contributed by atoms with E-state index in [4.69, 9.17) is 0 Å². The zero-order valence-electron chi connectivity index (χ0n) is 17.2. The summed E-state index contributed by atoms with van der Waals surface area (Å²) >= 11 is 0. The van der Waals surface area contributed by atoms with Crippen molar-refractivity contribution in [2.24, 2.45) is 0 Å². The van der Waals surface area contributed by atoms with Gasteiger partial charge in [-0.1, -0.05) is 35.9 Å². The summed E-state index contributed by atoms with van der Waals surface area (Å²) in [6.07, 6.45) is 0. The molecule has 2 heterocycles. The summed E-state index contributed by atoms with van der Waals surface area (Å²) in [7, 11) is 0. The largest absolute Gasteiger partial charge is 0.352 e. The Morgan fingerprint density at radius 2 is 1.52 bits per heavy atom. The number of rotatable bonds is 3. The van der Waals surface area contributed by atoms with Crippen LogP contribution in [0.5, 0.6) is 0 Å². The lowest BCUT2D eigenvalue weighted by molar-refractivity contribution is 0.0746. The summed E-state index contributed by atoms with van der Waals surface area (Å²) < 4.78 is 0. The Labute approximate surface area is 172 Å². The van der Waals surface area contributed by atoms with E-state index in [2.05, 4.69) is 53.2 Å². The fraction of sp³-hybridized carbons (Fsp3) is 0.292. The Kier molecular flexibility index (Phi) is 5.30. The van der Waals surface area contributed by atoms with E-state index in [1.165, 1.54) is 11.1 Å². The highest BCUT2D eigenvalue weighted by Crippen LogP contribution is 2.20. The molecule has 5 heteroatoms. The first kappa shape index (κ1) is 19.1. The Morgan fingerprint density at radius 3 is 2.14 bits per heavy atom. The molecular formula is C24H26N4O. The molecule has 0 atom stereocenters. The molecule has 1 aliphatic rings. The second kappa shape index (κ2) is 8.03. The normalized spacial score (nSPS) is 14.2. The van der Waals surface area contributed by atoms with E-state index in [1.54, 1.807) is 0 Å². The number of aryl methyl sites for hydroxylation is 3. The van der Waals surface area contributed by atoms with E-state index in [9.17, 15) is 4.79 Å². The molecule has 5 nitrogen and oxygen atoms in total. The predicted octanol–water partition coefficient (Wildman–Crippen LogP) is 4.03. The maximum Gasteiger partial charge on any atom is 0.253 e. The topological polar surface area (TPSA) is 49.3 Å². The van der Waals surface area contributed by atoms with Crippen molar-refractivity contribution in [3.8, 4) is 11.3 Å².